The van der Waals surface area contributed by atoms with E-state index in [4.69, 9.17) is 9.97 Å². The quantitative estimate of drug-likeness (QED) is 0.338. The van der Waals surface area contributed by atoms with Crippen molar-refractivity contribution in [1.82, 2.24) is 15.0 Å². The molecule has 4 nitrogen and oxygen atoms in total. The van der Waals surface area contributed by atoms with E-state index in [1.54, 1.807) is 6.20 Å². The molecule has 0 spiro atoms. The Bertz CT molecular complexity index is 1500. The van der Waals surface area contributed by atoms with E-state index in [1.165, 1.54) is 12.1 Å². The number of aromatic nitrogens is 3. The van der Waals surface area contributed by atoms with Crippen LogP contribution in [0.1, 0.15) is 44.4 Å². The number of para-hydroxylation sites is 1. The van der Waals surface area contributed by atoms with Gasteiger partial charge in [0.15, 0.2) is 5.82 Å². The molecule has 2 heterocycles. The van der Waals surface area contributed by atoms with E-state index < -0.39 is 11.6 Å². The van der Waals surface area contributed by atoms with Crippen LogP contribution in [0.2, 0.25) is 0 Å². The summed E-state index contributed by atoms with van der Waals surface area (Å²) in [6, 6.07) is 13.3. The second kappa shape index (κ2) is 8.01. The maximum atomic E-state index is 15.1. The van der Waals surface area contributed by atoms with E-state index in [9.17, 15) is 9.18 Å². The molecule has 2 aromatic heterocycles. The molecule has 1 saturated carbocycles. The number of benzene rings is 2. The van der Waals surface area contributed by atoms with Crippen LogP contribution in [0.4, 0.5) is 8.78 Å². The lowest BCUT2D eigenvalue weighted by atomic mass is 9.56. The first-order chi connectivity index (χ1) is 16.9. The number of ketones is 1. The molecule has 1 fully saturated rings. The number of Topliss-reactive ketones (excluding diaryl/α,β-unsaturated/α-hetero) is 1. The molecule has 176 valence electrons. The van der Waals surface area contributed by atoms with Gasteiger partial charge in [-0.3, -0.25) is 9.78 Å². The summed E-state index contributed by atoms with van der Waals surface area (Å²) in [5.74, 6) is -0.355. The molecule has 0 saturated heterocycles. The second-order valence-electron chi connectivity index (χ2n) is 10.0. The molecule has 0 aliphatic heterocycles. The van der Waals surface area contributed by atoms with Crippen LogP contribution in [0.15, 0.2) is 54.7 Å². The smallest absolute Gasteiger partial charge is 0.160 e. The topological polar surface area (TPSA) is 55.7 Å². The fourth-order valence-electron chi connectivity index (χ4n) is 6.24. The number of hydrogen-bond donors (Lipinski definition) is 0. The SMILES string of the molecule is C[C@H]1C(=O)CC[C@@]2(C)c3nc(-c4ccnc5ccccc45)nc(-c4ccc(F)cc4F)c3CC[C@H]12. The van der Waals surface area contributed by atoms with Gasteiger partial charge in [-0.05, 0) is 49.4 Å². The summed E-state index contributed by atoms with van der Waals surface area (Å²) in [5.41, 5.74) is 3.87. The van der Waals surface area contributed by atoms with E-state index in [-0.39, 0.29) is 22.8 Å². The van der Waals surface area contributed by atoms with Crippen LogP contribution < -0.4 is 0 Å². The Hall–Kier alpha value is -3.54. The molecule has 0 radical (unpaired) electrons. The maximum absolute atomic E-state index is 15.1. The molecule has 0 bridgehead atoms. The average molecular weight is 470 g/mol. The largest absolute Gasteiger partial charge is 0.299 e. The minimum absolute atomic E-state index is 0.0481. The molecule has 2 aliphatic carbocycles. The van der Waals surface area contributed by atoms with Crippen LogP contribution in [0.25, 0.3) is 33.5 Å². The monoisotopic (exact) mass is 469 g/mol. The minimum atomic E-state index is -0.643. The van der Waals surface area contributed by atoms with Crippen molar-refractivity contribution in [3.8, 4) is 22.6 Å². The first-order valence-corrected chi connectivity index (χ1v) is 12.1. The van der Waals surface area contributed by atoms with E-state index >= 15 is 4.39 Å². The zero-order valence-electron chi connectivity index (χ0n) is 19.7. The van der Waals surface area contributed by atoms with E-state index in [1.807, 2.05) is 37.3 Å². The van der Waals surface area contributed by atoms with Crippen molar-refractivity contribution in [3.63, 3.8) is 0 Å². The van der Waals surface area contributed by atoms with Gasteiger partial charge in [0.25, 0.3) is 0 Å². The van der Waals surface area contributed by atoms with Crippen molar-refractivity contribution in [1.29, 1.82) is 0 Å². The maximum Gasteiger partial charge on any atom is 0.160 e. The summed E-state index contributed by atoms with van der Waals surface area (Å²) in [5, 5.41) is 0.908. The summed E-state index contributed by atoms with van der Waals surface area (Å²) >= 11 is 0. The molecule has 35 heavy (non-hydrogen) atoms. The van der Waals surface area contributed by atoms with Crippen LogP contribution in [-0.4, -0.2) is 20.7 Å². The average Bonchev–Trinajstić information content (AvgIpc) is 2.86. The standard InChI is InChI=1S/C29H25F2N3O/c1-16-22-10-9-21-26(20-8-7-17(30)15-23(20)31)33-28(34-27(21)29(22,2)13-11-25(16)35)19-12-14-32-24-6-4-3-5-18(19)24/h3-8,12,14-16,22H,9-11,13H2,1-2H3/t16-,22-,29-/m1/s1. The van der Waals surface area contributed by atoms with Crippen molar-refractivity contribution >= 4 is 16.7 Å². The van der Waals surface area contributed by atoms with Gasteiger partial charge < -0.3 is 0 Å². The van der Waals surface area contributed by atoms with Gasteiger partial charge in [-0.2, -0.15) is 0 Å². The van der Waals surface area contributed by atoms with Crippen molar-refractivity contribution < 1.29 is 13.6 Å². The Morgan fingerprint density at radius 3 is 2.66 bits per heavy atom. The number of carbonyl (C=O) groups is 1. The van der Waals surface area contributed by atoms with Gasteiger partial charge in [-0.1, -0.05) is 32.0 Å². The third kappa shape index (κ3) is 3.38. The lowest BCUT2D eigenvalue weighted by Gasteiger charge is -2.48. The number of halogens is 2. The minimum Gasteiger partial charge on any atom is -0.299 e. The second-order valence-corrected chi connectivity index (χ2v) is 10.0. The van der Waals surface area contributed by atoms with Gasteiger partial charge in [0.2, 0.25) is 0 Å². The fraction of sp³-hybridized carbons (Fsp3) is 0.310. The summed E-state index contributed by atoms with van der Waals surface area (Å²) in [4.78, 5) is 27.1. The van der Waals surface area contributed by atoms with Crippen molar-refractivity contribution in [2.45, 2.75) is 44.9 Å². The van der Waals surface area contributed by atoms with Gasteiger partial charge >= 0.3 is 0 Å². The lowest BCUT2D eigenvalue weighted by Crippen LogP contribution is -2.47. The molecule has 0 N–H and O–H groups in total. The predicted octanol–water partition coefficient (Wildman–Crippen LogP) is 6.46. The number of fused-ring (bicyclic) bond motifs is 4. The normalized spacial score (nSPS) is 23.7. The zero-order chi connectivity index (χ0) is 24.3. The van der Waals surface area contributed by atoms with Crippen molar-refractivity contribution in [3.05, 3.63) is 77.6 Å². The Kier molecular flexibility index (Phi) is 5.02. The molecule has 2 aliphatic rings. The number of pyridine rings is 1. The van der Waals surface area contributed by atoms with Gasteiger partial charge in [-0.25, -0.2) is 18.7 Å². The highest BCUT2D eigenvalue weighted by Crippen LogP contribution is 2.52. The van der Waals surface area contributed by atoms with Crippen LogP contribution in [0.3, 0.4) is 0 Å². The first kappa shape index (κ1) is 22.0. The third-order valence-corrected chi connectivity index (χ3v) is 8.15. The Labute approximate surface area is 202 Å². The van der Waals surface area contributed by atoms with Crippen LogP contribution in [-0.2, 0) is 16.6 Å². The molecule has 2 aromatic carbocycles. The van der Waals surface area contributed by atoms with Gasteiger partial charge in [0, 0.05) is 52.1 Å². The van der Waals surface area contributed by atoms with E-state index in [0.29, 0.717) is 36.6 Å². The van der Waals surface area contributed by atoms with Crippen LogP contribution >= 0.6 is 0 Å². The number of hydrogen-bond acceptors (Lipinski definition) is 4. The molecular weight excluding hydrogens is 444 g/mol. The fourth-order valence-corrected chi connectivity index (χ4v) is 6.24. The number of nitrogens with zero attached hydrogens (tertiary/aromatic N) is 3. The third-order valence-electron chi connectivity index (χ3n) is 8.15. The summed E-state index contributed by atoms with van der Waals surface area (Å²) in [7, 11) is 0. The van der Waals surface area contributed by atoms with Gasteiger partial charge in [0.05, 0.1) is 16.9 Å². The molecule has 0 unspecified atom stereocenters. The molecule has 6 heteroatoms. The van der Waals surface area contributed by atoms with Crippen molar-refractivity contribution in [2.24, 2.45) is 11.8 Å². The Morgan fingerprint density at radius 1 is 1.00 bits per heavy atom. The van der Waals surface area contributed by atoms with Crippen LogP contribution in [0.5, 0.6) is 0 Å². The zero-order valence-corrected chi connectivity index (χ0v) is 19.7. The molecule has 4 aromatic rings. The predicted molar refractivity (Wildman–Crippen MR) is 131 cm³/mol. The molecular formula is C29H25F2N3O. The highest BCUT2D eigenvalue weighted by molar-refractivity contribution is 5.93. The van der Waals surface area contributed by atoms with Gasteiger partial charge in [0.1, 0.15) is 17.4 Å². The Morgan fingerprint density at radius 2 is 1.83 bits per heavy atom. The Balaban J connectivity index is 1.65. The van der Waals surface area contributed by atoms with E-state index in [0.717, 1.165) is 40.2 Å². The number of carbonyl (C=O) groups excluding carboxylic acids is 1. The summed E-state index contributed by atoms with van der Waals surface area (Å²) in [6.07, 6.45) is 4.40. The highest BCUT2D eigenvalue weighted by atomic mass is 19.1. The van der Waals surface area contributed by atoms with E-state index in [2.05, 4.69) is 11.9 Å². The summed E-state index contributed by atoms with van der Waals surface area (Å²) in [6.45, 7) is 4.21. The lowest BCUT2D eigenvalue weighted by molar-refractivity contribution is -0.128. The number of rotatable bonds is 2. The first-order valence-electron chi connectivity index (χ1n) is 12.1. The summed E-state index contributed by atoms with van der Waals surface area (Å²) < 4.78 is 28.9. The molecule has 3 atom stereocenters. The molecule has 6 rings (SSSR count). The highest BCUT2D eigenvalue weighted by Gasteiger charge is 2.49. The molecule has 0 amide bonds. The van der Waals surface area contributed by atoms with Crippen LogP contribution in [0, 0.1) is 23.5 Å². The van der Waals surface area contributed by atoms with Gasteiger partial charge in [-0.15, -0.1) is 0 Å². The van der Waals surface area contributed by atoms with Crippen molar-refractivity contribution in [2.75, 3.05) is 0 Å².